The van der Waals surface area contributed by atoms with E-state index < -0.39 is 0 Å². The first kappa shape index (κ1) is 12.9. The molecule has 1 aromatic heterocycles. The SMILES string of the molecule is Cc1cc(C)n(C(=O)Nc2cccc(Cl)c2Cl)n1. The predicted octanol–water partition coefficient (Wildman–Crippen LogP) is 3.89. The van der Waals surface area contributed by atoms with Gasteiger partial charge < -0.3 is 5.32 Å². The van der Waals surface area contributed by atoms with E-state index in [2.05, 4.69) is 10.4 Å². The predicted molar refractivity (Wildman–Crippen MR) is 72.6 cm³/mol. The van der Waals surface area contributed by atoms with Crippen molar-refractivity contribution in [3.05, 3.63) is 45.7 Å². The summed E-state index contributed by atoms with van der Waals surface area (Å²) in [5.41, 5.74) is 1.99. The van der Waals surface area contributed by atoms with Gasteiger partial charge in [0.05, 0.1) is 21.4 Å². The van der Waals surface area contributed by atoms with E-state index in [-0.39, 0.29) is 6.03 Å². The van der Waals surface area contributed by atoms with Gasteiger partial charge in [-0.05, 0) is 32.0 Å². The largest absolute Gasteiger partial charge is 0.346 e. The van der Waals surface area contributed by atoms with Crippen molar-refractivity contribution in [1.82, 2.24) is 9.78 Å². The summed E-state index contributed by atoms with van der Waals surface area (Å²) in [5, 5.41) is 7.46. The molecule has 2 aromatic rings. The number of nitrogens with one attached hydrogen (secondary N) is 1. The third kappa shape index (κ3) is 2.49. The van der Waals surface area contributed by atoms with E-state index in [1.165, 1.54) is 4.68 Å². The van der Waals surface area contributed by atoms with Crippen LogP contribution in [0, 0.1) is 13.8 Å². The number of nitrogens with zero attached hydrogens (tertiary/aromatic N) is 2. The van der Waals surface area contributed by atoms with Crippen LogP contribution in [0.2, 0.25) is 10.0 Å². The summed E-state index contributed by atoms with van der Waals surface area (Å²) in [7, 11) is 0. The maximum Gasteiger partial charge on any atom is 0.346 e. The van der Waals surface area contributed by atoms with Gasteiger partial charge in [-0.15, -0.1) is 0 Å². The molecule has 1 heterocycles. The van der Waals surface area contributed by atoms with E-state index in [4.69, 9.17) is 23.2 Å². The summed E-state index contributed by atoms with van der Waals surface area (Å²) in [6, 6.07) is 6.50. The fourth-order valence-electron chi connectivity index (χ4n) is 1.60. The smallest absolute Gasteiger partial charge is 0.305 e. The van der Waals surface area contributed by atoms with E-state index in [0.29, 0.717) is 15.7 Å². The van der Waals surface area contributed by atoms with Gasteiger partial charge in [-0.1, -0.05) is 29.3 Å². The lowest BCUT2D eigenvalue weighted by atomic mass is 10.3. The molecular formula is C12H11Cl2N3O. The van der Waals surface area contributed by atoms with E-state index in [9.17, 15) is 4.79 Å². The molecule has 0 saturated heterocycles. The van der Waals surface area contributed by atoms with Gasteiger partial charge in [0.1, 0.15) is 0 Å². The molecule has 94 valence electrons. The zero-order valence-corrected chi connectivity index (χ0v) is 11.4. The van der Waals surface area contributed by atoms with Crippen LogP contribution < -0.4 is 5.32 Å². The third-order valence-corrected chi connectivity index (χ3v) is 3.21. The van der Waals surface area contributed by atoms with Crippen molar-refractivity contribution in [3.63, 3.8) is 0 Å². The molecule has 0 bridgehead atoms. The van der Waals surface area contributed by atoms with Gasteiger partial charge in [-0.25, -0.2) is 4.79 Å². The van der Waals surface area contributed by atoms with Crippen LogP contribution in [0.5, 0.6) is 0 Å². The number of aromatic nitrogens is 2. The molecule has 0 unspecified atom stereocenters. The minimum Gasteiger partial charge on any atom is -0.305 e. The average molecular weight is 284 g/mol. The molecule has 0 aliphatic carbocycles. The zero-order valence-electron chi connectivity index (χ0n) is 9.87. The fraction of sp³-hybridized carbons (Fsp3) is 0.167. The van der Waals surface area contributed by atoms with Gasteiger partial charge in [0.2, 0.25) is 0 Å². The lowest BCUT2D eigenvalue weighted by Crippen LogP contribution is -2.22. The summed E-state index contributed by atoms with van der Waals surface area (Å²) in [5.74, 6) is 0. The molecular weight excluding hydrogens is 273 g/mol. The Labute approximate surface area is 115 Å². The van der Waals surface area contributed by atoms with E-state index in [1.54, 1.807) is 25.1 Å². The summed E-state index contributed by atoms with van der Waals surface area (Å²) in [6.45, 7) is 3.63. The second kappa shape index (κ2) is 5.00. The quantitative estimate of drug-likeness (QED) is 0.863. The number of carbonyl (C=O) groups is 1. The number of hydrogen-bond acceptors (Lipinski definition) is 2. The van der Waals surface area contributed by atoms with Crippen molar-refractivity contribution >= 4 is 34.9 Å². The maximum atomic E-state index is 12.0. The van der Waals surface area contributed by atoms with Gasteiger partial charge in [-0.2, -0.15) is 9.78 Å². The lowest BCUT2D eigenvalue weighted by molar-refractivity contribution is 0.250. The van der Waals surface area contributed by atoms with Gasteiger partial charge in [0.15, 0.2) is 0 Å². The molecule has 0 saturated carbocycles. The molecule has 0 radical (unpaired) electrons. The van der Waals surface area contributed by atoms with Crippen LogP contribution in [0.4, 0.5) is 10.5 Å². The Morgan fingerprint density at radius 1 is 1.33 bits per heavy atom. The van der Waals surface area contributed by atoms with Gasteiger partial charge in [0.25, 0.3) is 0 Å². The minimum atomic E-state index is -0.371. The molecule has 0 aliphatic heterocycles. The number of amides is 1. The van der Waals surface area contributed by atoms with Crippen molar-refractivity contribution in [2.45, 2.75) is 13.8 Å². The second-order valence-corrected chi connectivity index (χ2v) is 4.66. The Morgan fingerprint density at radius 2 is 2.06 bits per heavy atom. The molecule has 4 nitrogen and oxygen atoms in total. The highest BCUT2D eigenvalue weighted by atomic mass is 35.5. The highest BCUT2D eigenvalue weighted by Gasteiger charge is 2.12. The molecule has 0 fully saturated rings. The topological polar surface area (TPSA) is 46.9 Å². The highest BCUT2D eigenvalue weighted by Crippen LogP contribution is 2.29. The normalized spacial score (nSPS) is 10.4. The first-order valence-corrected chi connectivity index (χ1v) is 6.03. The standard InChI is InChI=1S/C12H11Cl2N3O/c1-7-6-8(2)17(16-7)12(18)15-10-5-3-4-9(13)11(10)14/h3-6H,1-2H3,(H,15,18). The number of rotatable bonds is 1. The molecule has 1 aromatic carbocycles. The van der Waals surface area contributed by atoms with E-state index >= 15 is 0 Å². The average Bonchev–Trinajstić information content (AvgIpc) is 2.64. The first-order valence-electron chi connectivity index (χ1n) is 5.27. The van der Waals surface area contributed by atoms with Gasteiger partial charge in [-0.3, -0.25) is 0 Å². The molecule has 0 aliphatic rings. The molecule has 2 rings (SSSR count). The number of hydrogen-bond donors (Lipinski definition) is 1. The Hall–Kier alpha value is -1.52. The van der Waals surface area contributed by atoms with E-state index in [0.717, 1.165) is 11.4 Å². The van der Waals surface area contributed by atoms with E-state index in [1.807, 2.05) is 13.0 Å². The molecule has 1 N–H and O–H groups in total. The van der Waals surface area contributed by atoms with Crippen molar-refractivity contribution in [3.8, 4) is 0 Å². The van der Waals surface area contributed by atoms with Crippen molar-refractivity contribution in [1.29, 1.82) is 0 Å². The fourth-order valence-corrected chi connectivity index (χ4v) is 1.95. The van der Waals surface area contributed by atoms with Crippen LogP contribution >= 0.6 is 23.2 Å². The molecule has 6 heteroatoms. The van der Waals surface area contributed by atoms with Crippen LogP contribution in [0.1, 0.15) is 11.4 Å². The van der Waals surface area contributed by atoms with Crippen LogP contribution in [-0.2, 0) is 0 Å². The Balaban J connectivity index is 2.27. The Kier molecular flexibility index (Phi) is 3.59. The summed E-state index contributed by atoms with van der Waals surface area (Å²) in [4.78, 5) is 12.0. The highest BCUT2D eigenvalue weighted by molar-refractivity contribution is 6.43. The number of halogens is 2. The Morgan fingerprint density at radius 3 is 2.67 bits per heavy atom. The summed E-state index contributed by atoms with van der Waals surface area (Å²) >= 11 is 11.9. The lowest BCUT2D eigenvalue weighted by Gasteiger charge is -2.08. The third-order valence-electron chi connectivity index (χ3n) is 2.40. The summed E-state index contributed by atoms with van der Waals surface area (Å²) < 4.78 is 1.28. The van der Waals surface area contributed by atoms with Crippen LogP contribution in [0.25, 0.3) is 0 Å². The number of benzene rings is 1. The second-order valence-electron chi connectivity index (χ2n) is 3.87. The van der Waals surface area contributed by atoms with Crippen molar-refractivity contribution < 1.29 is 4.79 Å². The van der Waals surface area contributed by atoms with Crippen LogP contribution in [0.3, 0.4) is 0 Å². The monoisotopic (exact) mass is 283 g/mol. The minimum absolute atomic E-state index is 0.314. The maximum absolute atomic E-state index is 12.0. The molecule has 0 spiro atoms. The number of anilines is 1. The van der Waals surface area contributed by atoms with Gasteiger partial charge >= 0.3 is 6.03 Å². The summed E-state index contributed by atoms with van der Waals surface area (Å²) in [6.07, 6.45) is 0. The van der Waals surface area contributed by atoms with Gasteiger partial charge in [0, 0.05) is 5.69 Å². The number of aryl methyl sites for hydroxylation is 2. The first-order chi connectivity index (χ1) is 8.49. The van der Waals surface area contributed by atoms with Crippen molar-refractivity contribution in [2.24, 2.45) is 0 Å². The Bertz CT molecular complexity index is 607. The molecule has 1 amide bonds. The number of carbonyl (C=O) groups excluding carboxylic acids is 1. The van der Waals surface area contributed by atoms with Crippen molar-refractivity contribution in [2.75, 3.05) is 5.32 Å². The van der Waals surface area contributed by atoms with Crippen LogP contribution in [0.15, 0.2) is 24.3 Å². The van der Waals surface area contributed by atoms with Crippen LogP contribution in [-0.4, -0.2) is 15.8 Å². The zero-order chi connectivity index (χ0) is 13.3. The molecule has 0 atom stereocenters. The molecule has 18 heavy (non-hydrogen) atoms.